The molecular weight excluding hydrogens is 252 g/mol. The predicted molar refractivity (Wildman–Crippen MR) is 84.1 cm³/mol. The Hall–Kier alpha value is -0.160. The van der Waals surface area contributed by atoms with E-state index in [1.54, 1.807) is 0 Å². The van der Waals surface area contributed by atoms with Crippen molar-refractivity contribution in [1.29, 1.82) is 0 Å². The number of nitrogens with zero attached hydrogens (tertiary/aromatic N) is 1. The molecule has 1 heterocycles. The fraction of sp³-hybridized carbons (Fsp3) is 1.00. The number of ether oxygens (including phenoxy) is 1. The maximum atomic E-state index is 9.60. The first kappa shape index (κ1) is 17.9. The van der Waals surface area contributed by atoms with E-state index < -0.39 is 0 Å². The van der Waals surface area contributed by atoms with Crippen molar-refractivity contribution in [3.63, 3.8) is 0 Å². The van der Waals surface area contributed by atoms with E-state index in [0.29, 0.717) is 6.10 Å². The van der Waals surface area contributed by atoms with Crippen LogP contribution in [0, 0.1) is 0 Å². The van der Waals surface area contributed by atoms with Crippen LogP contribution in [-0.4, -0.2) is 61.0 Å². The topological polar surface area (TPSA) is 44.7 Å². The van der Waals surface area contributed by atoms with E-state index in [0.717, 1.165) is 45.5 Å². The largest absolute Gasteiger partial charge is 0.394 e. The Morgan fingerprint density at radius 3 is 2.80 bits per heavy atom. The zero-order chi connectivity index (χ0) is 14.8. The molecule has 1 fully saturated rings. The Balaban J connectivity index is 2.31. The van der Waals surface area contributed by atoms with E-state index in [2.05, 4.69) is 31.0 Å². The third-order valence-corrected chi connectivity index (χ3v) is 4.15. The van der Waals surface area contributed by atoms with Crippen molar-refractivity contribution >= 4 is 0 Å². The standard InChI is InChI=1S/C16H34N2O2/c1-4-9-17-16(3,14-19)8-11-18-10-6-7-15(13-18)20-12-5-2/h15,17,19H,4-14H2,1-3H3. The summed E-state index contributed by atoms with van der Waals surface area (Å²) in [6, 6.07) is 0. The fourth-order valence-corrected chi connectivity index (χ4v) is 2.69. The molecule has 0 aromatic heterocycles. The predicted octanol–water partition coefficient (Wildman–Crippen LogP) is 2.02. The second kappa shape index (κ2) is 9.72. The van der Waals surface area contributed by atoms with Crippen molar-refractivity contribution in [2.45, 2.75) is 64.5 Å². The smallest absolute Gasteiger partial charge is 0.0702 e. The van der Waals surface area contributed by atoms with Crippen LogP contribution in [0.25, 0.3) is 0 Å². The molecule has 1 aliphatic heterocycles. The first-order valence-corrected chi connectivity index (χ1v) is 8.33. The van der Waals surface area contributed by atoms with Crippen LogP contribution < -0.4 is 5.32 Å². The highest BCUT2D eigenvalue weighted by molar-refractivity contribution is 4.84. The van der Waals surface area contributed by atoms with Gasteiger partial charge in [-0.15, -0.1) is 0 Å². The first-order valence-electron chi connectivity index (χ1n) is 8.33. The zero-order valence-electron chi connectivity index (χ0n) is 13.7. The maximum Gasteiger partial charge on any atom is 0.0702 e. The number of hydrogen-bond donors (Lipinski definition) is 2. The average Bonchev–Trinajstić information content (AvgIpc) is 2.49. The van der Waals surface area contributed by atoms with Crippen LogP contribution in [0.3, 0.4) is 0 Å². The Bertz CT molecular complexity index is 251. The van der Waals surface area contributed by atoms with Gasteiger partial charge in [-0.1, -0.05) is 13.8 Å². The van der Waals surface area contributed by atoms with Crippen LogP contribution in [0.5, 0.6) is 0 Å². The van der Waals surface area contributed by atoms with Crippen molar-refractivity contribution in [3.05, 3.63) is 0 Å². The fourth-order valence-electron chi connectivity index (χ4n) is 2.69. The Kier molecular flexibility index (Phi) is 8.69. The number of nitrogens with one attached hydrogen (secondary N) is 1. The third-order valence-electron chi connectivity index (χ3n) is 4.15. The van der Waals surface area contributed by atoms with Crippen LogP contribution in [-0.2, 0) is 4.74 Å². The van der Waals surface area contributed by atoms with Crippen LogP contribution in [0.1, 0.15) is 52.9 Å². The summed E-state index contributed by atoms with van der Waals surface area (Å²) in [5.74, 6) is 0. The lowest BCUT2D eigenvalue weighted by atomic mass is 9.97. The van der Waals surface area contributed by atoms with Gasteiger partial charge in [0.25, 0.3) is 0 Å². The second-order valence-electron chi connectivity index (χ2n) is 6.33. The Labute approximate surface area is 124 Å². The Morgan fingerprint density at radius 2 is 2.15 bits per heavy atom. The number of hydrogen-bond acceptors (Lipinski definition) is 4. The Morgan fingerprint density at radius 1 is 1.35 bits per heavy atom. The SMILES string of the molecule is CCCNC(C)(CO)CCN1CCCC(OCCC)C1. The maximum absolute atomic E-state index is 9.60. The summed E-state index contributed by atoms with van der Waals surface area (Å²) in [6.45, 7) is 11.8. The normalized spacial score (nSPS) is 23.7. The summed E-state index contributed by atoms with van der Waals surface area (Å²) in [5.41, 5.74) is -0.146. The highest BCUT2D eigenvalue weighted by Gasteiger charge is 2.25. The number of likely N-dealkylation sites (tertiary alicyclic amines) is 1. The van der Waals surface area contributed by atoms with Crippen molar-refractivity contribution in [1.82, 2.24) is 10.2 Å². The van der Waals surface area contributed by atoms with Gasteiger partial charge in [-0.25, -0.2) is 0 Å². The number of piperidine rings is 1. The molecule has 1 rings (SSSR count). The summed E-state index contributed by atoms with van der Waals surface area (Å²) < 4.78 is 5.88. The van der Waals surface area contributed by atoms with Gasteiger partial charge >= 0.3 is 0 Å². The first-order chi connectivity index (χ1) is 9.63. The lowest BCUT2D eigenvalue weighted by Crippen LogP contribution is -2.49. The van der Waals surface area contributed by atoms with E-state index in [1.807, 2.05) is 0 Å². The zero-order valence-corrected chi connectivity index (χ0v) is 13.7. The quantitative estimate of drug-likeness (QED) is 0.645. The minimum atomic E-state index is -0.146. The summed E-state index contributed by atoms with van der Waals surface area (Å²) >= 11 is 0. The molecule has 0 spiro atoms. The highest BCUT2D eigenvalue weighted by atomic mass is 16.5. The lowest BCUT2D eigenvalue weighted by Gasteiger charge is -2.36. The third kappa shape index (κ3) is 6.53. The molecule has 0 aromatic carbocycles. The molecule has 20 heavy (non-hydrogen) atoms. The monoisotopic (exact) mass is 286 g/mol. The number of aliphatic hydroxyl groups is 1. The van der Waals surface area contributed by atoms with Crippen molar-refractivity contribution in [2.75, 3.05) is 39.4 Å². The van der Waals surface area contributed by atoms with Gasteiger partial charge in [0.05, 0.1) is 12.7 Å². The van der Waals surface area contributed by atoms with Crippen LogP contribution in [0.15, 0.2) is 0 Å². The van der Waals surface area contributed by atoms with Gasteiger partial charge in [0, 0.05) is 25.2 Å². The summed E-state index contributed by atoms with van der Waals surface area (Å²) in [6.07, 6.45) is 6.03. The number of rotatable bonds is 10. The molecule has 4 nitrogen and oxygen atoms in total. The van der Waals surface area contributed by atoms with Gasteiger partial charge in [0.2, 0.25) is 0 Å². The summed E-state index contributed by atoms with van der Waals surface area (Å²) in [7, 11) is 0. The lowest BCUT2D eigenvalue weighted by molar-refractivity contribution is -0.00295. The van der Waals surface area contributed by atoms with Gasteiger partial charge in [0.1, 0.15) is 0 Å². The molecule has 120 valence electrons. The molecule has 2 atom stereocenters. The molecule has 0 radical (unpaired) electrons. The van der Waals surface area contributed by atoms with Gasteiger partial charge in [-0.05, 0) is 52.1 Å². The number of aliphatic hydroxyl groups excluding tert-OH is 1. The van der Waals surface area contributed by atoms with Gasteiger partial charge in [0.15, 0.2) is 0 Å². The van der Waals surface area contributed by atoms with Crippen molar-refractivity contribution < 1.29 is 9.84 Å². The highest BCUT2D eigenvalue weighted by Crippen LogP contribution is 2.16. The van der Waals surface area contributed by atoms with E-state index in [9.17, 15) is 5.11 Å². The molecule has 1 saturated heterocycles. The molecule has 2 unspecified atom stereocenters. The molecule has 2 N–H and O–H groups in total. The van der Waals surface area contributed by atoms with E-state index >= 15 is 0 Å². The molecule has 0 bridgehead atoms. The van der Waals surface area contributed by atoms with Crippen LogP contribution >= 0.6 is 0 Å². The summed E-state index contributed by atoms with van der Waals surface area (Å²) in [4.78, 5) is 2.49. The minimum Gasteiger partial charge on any atom is -0.394 e. The second-order valence-corrected chi connectivity index (χ2v) is 6.33. The molecular formula is C16H34N2O2. The van der Waals surface area contributed by atoms with Crippen molar-refractivity contribution in [2.24, 2.45) is 0 Å². The van der Waals surface area contributed by atoms with E-state index in [4.69, 9.17) is 4.74 Å². The van der Waals surface area contributed by atoms with Gasteiger partial charge in [-0.2, -0.15) is 0 Å². The summed E-state index contributed by atoms with van der Waals surface area (Å²) in [5, 5.41) is 13.1. The van der Waals surface area contributed by atoms with Gasteiger partial charge in [-0.3, -0.25) is 0 Å². The molecule has 0 saturated carbocycles. The van der Waals surface area contributed by atoms with E-state index in [-0.39, 0.29) is 12.1 Å². The van der Waals surface area contributed by atoms with E-state index in [1.165, 1.54) is 19.4 Å². The van der Waals surface area contributed by atoms with Crippen molar-refractivity contribution in [3.8, 4) is 0 Å². The minimum absolute atomic E-state index is 0.146. The molecule has 0 aliphatic carbocycles. The molecule has 1 aliphatic rings. The van der Waals surface area contributed by atoms with Crippen LogP contribution in [0.4, 0.5) is 0 Å². The molecule has 4 heteroatoms. The molecule has 0 aromatic rings. The average molecular weight is 286 g/mol. The molecule has 0 amide bonds. The van der Waals surface area contributed by atoms with Gasteiger partial charge < -0.3 is 20.1 Å². The van der Waals surface area contributed by atoms with Crippen LogP contribution in [0.2, 0.25) is 0 Å².